The van der Waals surface area contributed by atoms with Crippen molar-refractivity contribution in [3.05, 3.63) is 0 Å². The van der Waals surface area contributed by atoms with Crippen molar-refractivity contribution < 1.29 is 14.7 Å². The highest BCUT2D eigenvalue weighted by atomic mass is 16.5. The Balaban J connectivity index is 2.89. The van der Waals surface area contributed by atoms with Crippen LogP contribution in [-0.4, -0.2) is 29.2 Å². The zero-order valence-electron chi connectivity index (χ0n) is 10.2. The number of hydrogen-bond acceptors (Lipinski definition) is 3. The van der Waals surface area contributed by atoms with Gasteiger partial charge in [0.2, 0.25) is 0 Å². The fraction of sp³-hybridized carbons (Fsp3) is 0.909. The Kier molecular flexibility index (Phi) is 3.12. The summed E-state index contributed by atoms with van der Waals surface area (Å²) in [5.74, 6) is -0.366. The zero-order chi connectivity index (χ0) is 11.9. The molecule has 0 N–H and O–H groups in total. The van der Waals surface area contributed by atoms with Crippen LogP contribution in [0, 0.1) is 5.92 Å². The van der Waals surface area contributed by atoms with Crippen LogP contribution in [0.2, 0.25) is 0 Å². The molecule has 1 rings (SSSR count). The number of carbonyl (C=O) groups excluding carboxylic acids is 1. The first-order valence-electron chi connectivity index (χ1n) is 5.26. The van der Waals surface area contributed by atoms with E-state index in [0.717, 1.165) is 5.06 Å². The van der Waals surface area contributed by atoms with Crippen LogP contribution in [0.1, 0.15) is 40.5 Å². The number of carbonyl (C=O) groups is 1. The van der Waals surface area contributed by atoms with Crippen molar-refractivity contribution in [3.63, 3.8) is 0 Å². The second-order valence-electron chi connectivity index (χ2n) is 5.55. The Labute approximate surface area is 91.2 Å². The lowest BCUT2D eigenvalue weighted by Crippen LogP contribution is -2.59. The molecular formula is C11H20NO3. The molecule has 0 atom stereocenters. The monoisotopic (exact) mass is 214 g/mol. The predicted molar refractivity (Wildman–Crippen MR) is 55.4 cm³/mol. The maximum Gasteiger partial charge on any atom is 0.308 e. The molecule has 1 heterocycles. The summed E-state index contributed by atoms with van der Waals surface area (Å²) in [6, 6.07) is 0. The maximum atomic E-state index is 12.0. The van der Waals surface area contributed by atoms with Crippen molar-refractivity contribution in [2.24, 2.45) is 5.92 Å². The number of methoxy groups -OCH3 is 1. The summed E-state index contributed by atoms with van der Waals surface area (Å²) in [4.78, 5) is 11.5. The zero-order valence-corrected chi connectivity index (χ0v) is 10.2. The van der Waals surface area contributed by atoms with E-state index in [4.69, 9.17) is 4.74 Å². The van der Waals surface area contributed by atoms with Crippen LogP contribution in [0.5, 0.6) is 0 Å². The summed E-state index contributed by atoms with van der Waals surface area (Å²) in [7, 11) is 1.39. The minimum Gasteiger partial charge on any atom is -0.469 e. The molecule has 0 aliphatic carbocycles. The van der Waals surface area contributed by atoms with Gasteiger partial charge in [-0.2, -0.15) is 0 Å². The lowest BCUT2D eigenvalue weighted by atomic mass is 9.75. The average Bonchev–Trinajstić information content (AvgIpc) is 2.11. The Morgan fingerprint density at radius 2 is 1.60 bits per heavy atom. The van der Waals surface area contributed by atoms with Gasteiger partial charge in [-0.25, -0.2) is 0 Å². The first-order chi connectivity index (χ1) is 6.70. The van der Waals surface area contributed by atoms with Crippen molar-refractivity contribution in [1.82, 2.24) is 5.06 Å². The highest BCUT2D eigenvalue weighted by Crippen LogP contribution is 2.40. The molecule has 1 aliphatic heterocycles. The Bertz CT molecular complexity index is 243. The van der Waals surface area contributed by atoms with Gasteiger partial charge in [0.25, 0.3) is 0 Å². The third-order valence-corrected chi connectivity index (χ3v) is 3.13. The molecule has 4 heteroatoms. The summed E-state index contributed by atoms with van der Waals surface area (Å²) < 4.78 is 4.75. The lowest BCUT2D eigenvalue weighted by molar-refractivity contribution is -0.293. The normalized spacial score (nSPS) is 26.3. The summed E-state index contributed by atoms with van der Waals surface area (Å²) in [6.07, 6.45) is 1.12. The topological polar surface area (TPSA) is 49.4 Å². The molecular weight excluding hydrogens is 194 g/mol. The quantitative estimate of drug-likeness (QED) is 0.625. The Morgan fingerprint density at radius 1 is 1.20 bits per heavy atom. The third kappa shape index (κ3) is 2.32. The fourth-order valence-electron chi connectivity index (χ4n) is 2.60. The summed E-state index contributed by atoms with van der Waals surface area (Å²) in [5.41, 5.74) is -0.999. The van der Waals surface area contributed by atoms with Crippen LogP contribution < -0.4 is 0 Å². The average molecular weight is 214 g/mol. The number of hydroxylamine groups is 2. The molecule has 0 saturated carbocycles. The number of ether oxygens (including phenoxy) is 1. The van der Waals surface area contributed by atoms with Crippen LogP contribution in [0.25, 0.3) is 0 Å². The highest BCUT2D eigenvalue weighted by molar-refractivity contribution is 5.72. The molecule has 0 aromatic rings. The van der Waals surface area contributed by atoms with Gasteiger partial charge >= 0.3 is 5.97 Å². The van der Waals surface area contributed by atoms with Crippen LogP contribution in [-0.2, 0) is 14.7 Å². The Hall–Kier alpha value is -0.610. The molecule has 15 heavy (non-hydrogen) atoms. The van der Waals surface area contributed by atoms with Gasteiger partial charge in [0.1, 0.15) is 0 Å². The van der Waals surface area contributed by atoms with Crippen LogP contribution in [0.4, 0.5) is 0 Å². The van der Waals surface area contributed by atoms with Crippen molar-refractivity contribution in [2.75, 3.05) is 7.11 Å². The number of hydrogen-bond donors (Lipinski definition) is 0. The first kappa shape index (κ1) is 12.5. The van der Waals surface area contributed by atoms with E-state index >= 15 is 0 Å². The van der Waals surface area contributed by atoms with E-state index in [-0.39, 0.29) is 11.9 Å². The second-order valence-corrected chi connectivity index (χ2v) is 5.55. The number of esters is 1. The van der Waals surface area contributed by atoms with Crippen molar-refractivity contribution >= 4 is 5.97 Å². The van der Waals surface area contributed by atoms with E-state index in [1.165, 1.54) is 7.11 Å². The van der Waals surface area contributed by atoms with Gasteiger partial charge in [0.15, 0.2) is 0 Å². The standard InChI is InChI=1S/C11H20NO3/c1-10(2)6-8(9(13)15-5)7-11(3,4)12(10)14/h8H,6-7H2,1-5H3. The van der Waals surface area contributed by atoms with Crippen LogP contribution in [0.15, 0.2) is 0 Å². The SMILES string of the molecule is COC(=O)C1CC(C)(C)N([O])C(C)(C)C1. The minimum absolute atomic E-state index is 0.162. The largest absolute Gasteiger partial charge is 0.469 e. The number of piperidine rings is 1. The summed E-state index contributed by atoms with van der Waals surface area (Å²) >= 11 is 0. The van der Waals surface area contributed by atoms with Gasteiger partial charge in [-0.3, -0.25) is 4.79 Å². The van der Waals surface area contributed by atoms with E-state index in [1.54, 1.807) is 0 Å². The highest BCUT2D eigenvalue weighted by Gasteiger charge is 2.48. The number of rotatable bonds is 1. The molecule has 0 bridgehead atoms. The second kappa shape index (κ2) is 3.76. The smallest absolute Gasteiger partial charge is 0.308 e. The summed E-state index contributed by atoms with van der Waals surface area (Å²) in [6.45, 7) is 7.49. The van der Waals surface area contributed by atoms with E-state index in [2.05, 4.69) is 0 Å². The van der Waals surface area contributed by atoms with E-state index in [0.29, 0.717) is 12.8 Å². The van der Waals surface area contributed by atoms with Gasteiger partial charge < -0.3 is 4.74 Å². The van der Waals surface area contributed by atoms with Crippen LogP contribution >= 0.6 is 0 Å². The minimum atomic E-state index is -0.499. The van der Waals surface area contributed by atoms with Crippen molar-refractivity contribution in [3.8, 4) is 0 Å². The molecule has 1 aliphatic rings. The third-order valence-electron chi connectivity index (χ3n) is 3.13. The van der Waals surface area contributed by atoms with Crippen molar-refractivity contribution in [1.29, 1.82) is 0 Å². The predicted octanol–water partition coefficient (Wildman–Crippen LogP) is 1.77. The Morgan fingerprint density at radius 3 is 1.93 bits per heavy atom. The molecule has 0 spiro atoms. The molecule has 1 fully saturated rings. The maximum absolute atomic E-state index is 12.0. The van der Waals surface area contributed by atoms with Gasteiger partial charge in [-0.15, -0.1) is 10.3 Å². The van der Waals surface area contributed by atoms with Crippen LogP contribution in [0.3, 0.4) is 0 Å². The first-order valence-corrected chi connectivity index (χ1v) is 5.26. The van der Waals surface area contributed by atoms with E-state index in [9.17, 15) is 10.0 Å². The molecule has 4 nitrogen and oxygen atoms in total. The van der Waals surface area contributed by atoms with Gasteiger partial charge in [-0.1, -0.05) is 0 Å². The van der Waals surface area contributed by atoms with E-state index in [1.807, 2.05) is 27.7 Å². The molecule has 1 saturated heterocycles. The molecule has 87 valence electrons. The van der Waals surface area contributed by atoms with Gasteiger partial charge in [0, 0.05) is 11.1 Å². The molecule has 0 aromatic carbocycles. The number of nitrogens with zero attached hydrogens (tertiary/aromatic N) is 1. The van der Waals surface area contributed by atoms with Gasteiger partial charge in [0.05, 0.1) is 13.0 Å². The van der Waals surface area contributed by atoms with Gasteiger partial charge in [-0.05, 0) is 40.5 Å². The molecule has 0 unspecified atom stereocenters. The van der Waals surface area contributed by atoms with Crippen molar-refractivity contribution in [2.45, 2.75) is 51.6 Å². The molecule has 0 aromatic heterocycles. The fourth-order valence-corrected chi connectivity index (χ4v) is 2.60. The summed E-state index contributed by atoms with van der Waals surface area (Å²) in [5, 5.41) is 13.1. The lowest BCUT2D eigenvalue weighted by Gasteiger charge is -2.49. The van der Waals surface area contributed by atoms with E-state index < -0.39 is 11.1 Å². The molecule has 1 radical (unpaired) electrons. The molecule has 0 amide bonds.